The minimum atomic E-state index is -0.409. The second-order valence-corrected chi connectivity index (χ2v) is 6.31. The molecule has 0 radical (unpaired) electrons. The zero-order chi connectivity index (χ0) is 16.0. The van der Waals surface area contributed by atoms with Crippen molar-refractivity contribution < 1.29 is 9.18 Å². The van der Waals surface area contributed by atoms with E-state index in [1.165, 1.54) is 34.1 Å². The molecule has 2 heterocycles. The lowest BCUT2D eigenvalue weighted by Crippen LogP contribution is -2.32. The van der Waals surface area contributed by atoms with Gasteiger partial charge in [-0.25, -0.2) is 9.37 Å². The largest absolute Gasteiger partial charge is 0.349 e. The van der Waals surface area contributed by atoms with Gasteiger partial charge in [0, 0.05) is 17.6 Å². The first kappa shape index (κ1) is 14.1. The zero-order valence-corrected chi connectivity index (χ0v) is 12.8. The van der Waals surface area contributed by atoms with Crippen LogP contribution in [0.5, 0.6) is 0 Å². The molecule has 1 aliphatic carbocycles. The van der Waals surface area contributed by atoms with E-state index < -0.39 is 11.5 Å². The molecule has 0 aliphatic heterocycles. The Balaban J connectivity index is 1.84. The van der Waals surface area contributed by atoms with Crippen LogP contribution in [0.4, 0.5) is 4.39 Å². The maximum absolute atomic E-state index is 13.1. The number of fused-ring (bicyclic) bond motifs is 1. The van der Waals surface area contributed by atoms with E-state index >= 15 is 0 Å². The number of amides is 1. The Hall–Kier alpha value is -2.54. The Kier molecular flexibility index (Phi) is 3.23. The molecule has 116 valence electrons. The summed E-state index contributed by atoms with van der Waals surface area (Å²) >= 11 is 1.30. The highest BCUT2D eigenvalue weighted by Gasteiger charge is 2.26. The van der Waals surface area contributed by atoms with Gasteiger partial charge in [0.15, 0.2) is 4.96 Å². The van der Waals surface area contributed by atoms with Gasteiger partial charge < -0.3 is 5.32 Å². The van der Waals surface area contributed by atoms with Crippen LogP contribution in [-0.4, -0.2) is 21.3 Å². The SMILES string of the molecule is O=C(NC1CC1)c1cnc2scc(-c3ccc(F)cc3)n2c1=O. The van der Waals surface area contributed by atoms with Crippen molar-refractivity contribution in [2.75, 3.05) is 0 Å². The topological polar surface area (TPSA) is 63.5 Å². The normalized spacial score (nSPS) is 14.1. The Labute approximate surface area is 134 Å². The average molecular weight is 329 g/mol. The van der Waals surface area contributed by atoms with Crippen LogP contribution >= 0.6 is 11.3 Å². The Morgan fingerprint density at radius 3 is 2.74 bits per heavy atom. The third kappa shape index (κ3) is 2.53. The average Bonchev–Trinajstić information content (AvgIpc) is 3.24. The standard InChI is InChI=1S/C16H12FN3O2S/c17-10-3-1-9(2-4-10)13-8-23-16-18-7-12(15(22)20(13)16)14(21)19-11-5-6-11/h1-4,7-8,11H,5-6H2,(H,19,21). The zero-order valence-electron chi connectivity index (χ0n) is 12.0. The molecule has 1 amide bonds. The lowest BCUT2D eigenvalue weighted by Gasteiger charge is -2.05. The molecule has 1 aliphatic rings. The molecule has 1 N–H and O–H groups in total. The van der Waals surface area contributed by atoms with Crippen molar-refractivity contribution in [1.29, 1.82) is 0 Å². The van der Waals surface area contributed by atoms with Gasteiger partial charge in [0.05, 0.1) is 5.69 Å². The molecule has 1 fully saturated rings. The van der Waals surface area contributed by atoms with Crippen LogP contribution in [0.2, 0.25) is 0 Å². The maximum Gasteiger partial charge on any atom is 0.271 e. The Morgan fingerprint density at radius 2 is 2.04 bits per heavy atom. The van der Waals surface area contributed by atoms with E-state index in [1.807, 2.05) is 0 Å². The number of nitrogens with zero attached hydrogens (tertiary/aromatic N) is 2. The molecule has 0 unspecified atom stereocenters. The second kappa shape index (κ2) is 5.27. The highest BCUT2D eigenvalue weighted by molar-refractivity contribution is 7.15. The maximum atomic E-state index is 13.1. The van der Waals surface area contributed by atoms with E-state index in [0.29, 0.717) is 16.2 Å². The van der Waals surface area contributed by atoms with Gasteiger partial charge in [0.1, 0.15) is 11.4 Å². The number of carbonyl (C=O) groups is 1. The molecule has 2 aromatic heterocycles. The van der Waals surface area contributed by atoms with Crippen LogP contribution in [0.25, 0.3) is 16.2 Å². The summed E-state index contributed by atoms with van der Waals surface area (Å²) in [5, 5.41) is 4.57. The highest BCUT2D eigenvalue weighted by Crippen LogP contribution is 2.24. The summed E-state index contributed by atoms with van der Waals surface area (Å²) in [5.74, 6) is -0.737. The Morgan fingerprint density at radius 1 is 1.30 bits per heavy atom. The summed E-state index contributed by atoms with van der Waals surface area (Å²) in [7, 11) is 0. The van der Waals surface area contributed by atoms with Crippen LogP contribution < -0.4 is 10.9 Å². The van der Waals surface area contributed by atoms with Gasteiger partial charge in [-0.3, -0.25) is 14.0 Å². The number of carbonyl (C=O) groups excluding carboxylic acids is 1. The number of aromatic nitrogens is 2. The van der Waals surface area contributed by atoms with Crippen molar-refractivity contribution in [1.82, 2.24) is 14.7 Å². The van der Waals surface area contributed by atoms with Crippen LogP contribution in [0.3, 0.4) is 0 Å². The first-order valence-corrected chi connectivity index (χ1v) is 8.07. The third-order valence-electron chi connectivity index (χ3n) is 3.74. The van der Waals surface area contributed by atoms with E-state index in [2.05, 4.69) is 10.3 Å². The number of halogens is 1. The van der Waals surface area contributed by atoms with Crippen molar-refractivity contribution in [3.8, 4) is 11.3 Å². The number of hydrogen-bond donors (Lipinski definition) is 1. The van der Waals surface area contributed by atoms with Crippen LogP contribution in [-0.2, 0) is 0 Å². The van der Waals surface area contributed by atoms with Gasteiger partial charge in [0.2, 0.25) is 0 Å². The number of benzene rings is 1. The molecular formula is C16H12FN3O2S. The fraction of sp³-hybridized carbons (Fsp3) is 0.188. The summed E-state index contributed by atoms with van der Waals surface area (Å²) in [4.78, 5) is 29.6. The molecule has 0 saturated heterocycles. The van der Waals surface area contributed by atoms with Crippen molar-refractivity contribution in [3.63, 3.8) is 0 Å². The molecule has 7 heteroatoms. The minimum absolute atomic E-state index is 0.0242. The van der Waals surface area contributed by atoms with Gasteiger partial charge in [-0.1, -0.05) is 0 Å². The fourth-order valence-corrected chi connectivity index (χ4v) is 3.22. The van der Waals surface area contributed by atoms with Crippen molar-refractivity contribution >= 4 is 22.2 Å². The molecular weight excluding hydrogens is 317 g/mol. The quantitative estimate of drug-likeness (QED) is 0.803. The summed E-state index contributed by atoms with van der Waals surface area (Å²) in [6.45, 7) is 0. The number of hydrogen-bond acceptors (Lipinski definition) is 4. The first-order chi connectivity index (χ1) is 11.1. The van der Waals surface area contributed by atoms with Crippen LogP contribution in [0.15, 0.2) is 40.6 Å². The minimum Gasteiger partial charge on any atom is -0.349 e. The number of nitrogens with one attached hydrogen (secondary N) is 1. The predicted molar refractivity (Wildman–Crippen MR) is 85.2 cm³/mol. The van der Waals surface area contributed by atoms with E-state index in [-0.39, 0.29) is 17.4 Å². The molecule has 0 spiro atoms. The summed E-state index contributed by atoms with van der Waals surface area (Å²) < 4.78 is 14.5. The number of thiazole rings is 1. The summed E-state index contributed by atoms with van der Waals surface area (Å²) in [6, 6.07) is 6.03. The predicted octanol–water partition coefficient (Wildman–Crippen LogP) is 2.45. The van der Waals surface area contributed by atoms with Crippen molar-refractivity contribution in [3.05, 3.63) is 57.6 Å². The monoisotopic (exact) mass is 329 g/mol. The lowest BCUT2D eigenvalue weighted by molar-refractivity contribution is 0.0949. The van der Waals surface area contributed by atoms with Gasteiger partial charge in [-0.05, 0) is 42.7 Å². The summed E-state index contributed by atoms with van der Waals surface area (Å²) in [6.07, 6.45) is 3.21. The van der Waals surface area contributed by atoms with E-state index in [0.717, 1.165) is 12.8 Å². The molecule has 23 heavy (non-hydrogen) atoms. The first-order valence-electron chi connectivity index (χ1n) is 7.19. The van der Waals surface area contributed by atoms with Gasteiger partial charge in [-0.15, -0.1) is 11.3 Å². The van der Waals surface area contributed by atoms with Crippen LogP contribution in [0, 0.1) is 5.82 Å². The number of rotatable bonds is 3. The lowest BCUT2D eigenvalue weighted by atomic mass is 10.2. The fourth-order valence-electron chi connectivity index (χ4n) is 2.36. The van der Waals surface area contributed by atoms with Gasteiger partial charge in [0.25, 0.3) is 11.5 Å². The highest BCUT2D eigenvalue weighted by atomic mass is 32.1. The van der Waals surface area contributed by atoms with E-state index in [4.69, 9.17) is 0 Å². The van der Waals surface area contributed by atoms with Crippen molar-refractivity contribution in [2.45, 2.75) is 18.9 Å². The third-order valence-corrected chi connectivity index (χ3v) is 4.58. The van der Waals surface area contributed by atoms with E-state index in [1.54, 1.807) is 17.5 Å². The second-order valence-electron chi connectivity index (χ2n) is 5.47. The molecule has 5 nitrogen and oxygen atoms in total. The smallest absolute Gasteiger partial charge is 0.271 e. The van der Waals surface area contributed by atoms with Gasteiger partial charge >= 0.3 is 0 Å². The molecule has 1 saturated carbocycles. The molecule has 0 atom stereocenters. The van der Waals surface area contributed by atoms with Crippen LogP contribution in [0.1, 0.15) is 23.2 Å². The molecule has 3 aromatic rings. The van der Waals surface area contributed by atoms with Crippen molar-refractivity contribution in [2.24, 2.45) is 0 Å². The van der Waals surface area contributed by atoms with E-state index in [9.17, 15) is 14.0 Å². The summed E-state index contributed by atoms with van der Waals surface area (Å²) in [5.41, 5.74) is 0.912. The van der Waals surface area contributed by atoms with Gasteiger partial charge in [-0.2, -0.15) is 0 Å². The molecule has 4 rings (SSSR count). The Bertz CT molecular complexity index is 958. The molecule has 0 bridgehead atoms. The molecule has 1 aromatic carbocycles.